The van der Waals surface area contributed by atoms with Gasteiger partial charge in [-0.3, -0.25) is 4.79 Å². The van der Waals surface area contributed by atoms with Crippen molar-refractivity contribution < 1.29 is 27.9 Å². The van der Waals surface area contributed by atoms with E-state index in [2.05, 4.69) is 0 Å². The molecule has 1 saturated carbocycles. The molecule has 0 spiro atoms. The van der Waals surface area contributed by atoms with E-state index in [1.165, 1.54) is 36.3 Å². The number of hydrogen-bond acceptors (Lipinski definition) is 5. The second kappa shape index (κ2) is 7.36. The van der Waals surface area contributed by atoms with E-state index >= 15 is 0 Å². The molecule has 2 aliphatic rings. The minimum Gasteiger partial charge on any atom is -0.480 e. The average Bonchev–Trinajstić information content (AvgIpc) is 3.31. The lowest BCUT2D eigenvalue weighted by Crippen LogP contribution is -2.40. The molecule has 2 unspecified atom stereocenters. The van der Waals surface area contributed by atoms with Crippen molar-refractivity contribution in [1.82, 2.24) is 4.90 Å². The van der Waals surface area contributed by atoms with Crippen LogP contribution in [0.3, 0.4) is 0 Å². The van der Waals surface area contributed by atoms with Gasteiger partial charge in [0.2, 0.25) is 0 Å². The molecule has 1 N–H and O–H groups in total. The van der Waals surface area contributed by atoms with Crippen LogP contribution in [-0.4, -0.2) is 61.4 Å². The summed E-state index contributed by atoms with van der Waals surface area (Å²) >= 11 is 0. The number of amides is 1. The van der Waals surface area contributed by atoms with Gasteiger partial charge in [-0.25, -0.2) is 13.2 Å². The maximum atomic E-state index is 12.7. The summed E-state index contributed by atoms with van der Waals surface area (Å²) in [4.78, 5) is 25.6. The third kappa shape index (κ3) is 3.48. The van der Waals surface area contributed by atoms with Crippen molar-refractivity contribution in [3.63, 3.8) is 0 Å². The van der Waals surface area contributed by atoms with Gasteiger partial charge in [0.1, 0.15) is 6.04 Å². The molecule has 142 valence electrons. The minimum absolute atomic E-state index is 0.203. The van der Waals surface area contributed by atoms with E-state index in [4.69, 9.17) is 4.74 Å². The third-order valence-corrected chi connectivity index (χ3v) is 7.59. The summed E-state index contributed by atoms with van der Waals surface area (Å²) in [5.41, 5.74) is 0.276. The number of aliphatic carboxylic acids is 1. The van der Waals surface area contributed by atoms with Crippen LogP contribution in [0, 0.1) is 0 Å². The summed E-state index contributed by atoms with van der Waals surface area (Å²) < 4.78 is 30.4. The fourth-order valence-electron chi connectivity index (χ4n) is 3.77. The van der Waals surface area contributed by atoms with Crippen molar-refractivity contribution >= 4 is 21.7 Å². The lowest BCUT2D eigenvalue weighted by Gasteiger charge is -2.21. The van der Waals surface area contributed by atoms with Gasteiger partial charge in [-0.2, -0.15) is 0 Å². The number of ether oxygens (including phenoxy) is 1. The standard InChI is InChI=1S/C18H23NO6S/c1-25-13-10-16(18(21)22)19(11-13)17(20)12-6-8-15(9-7-12)26(23,24)14-4-2-3-5-14/h6-9,13-14,16H,2-5,10-11H2,1H3,(H,21,22). The van der Waals surface area contributed by atoms with E-state index < -0.39 is 27.8 Å². The Morgan fingerprint density at radius 3 is 2.31 bits per heavy atom. The molecule has 1 aliphatic carbocycles. The molecule has 0 aromatic heterocycles. The molecule has 1 heterocycles. The lowest BCUT2D eigenvalue weighted by molar-refractivity contribution is -0.141. The maximum absolute atomic E-state index is 12.7. The summed E-state index contributed by atoms with van der Waals surface area (Å²) in [6.07, 6.45) is 3.12. The Balaban J connectivity index is 1.79. The number of rotatable bonds is 5. The van der Waals surface area contributed by atoms with Gasteiger partial charge in [-0.15, -0.1) is 0 Å². The number of sulfone groups is 1. The second-order valence-corrected chi connectivity index (χ2v) is 9.11. The first-order chi connectivity index (χ1) is 12.3. The molecule has 3 rings (SSSR count). The first-order valence-corrected chi connectivity index (χ1v) is 10.3. The molecule has 2 fully saturated rings. The maximum Gasteiger partial charge on any atom is 0.326 e. The van der Waals surface area contributed by atoms with Gasteiger partial charge < -0.3 is 14.7 Å². The number of carbonyl (C=O) groups excluding carboxylic acids is 1. The van der Waals surface area contributed by atoms with Crippen molar-refractivity contribution in [3.05, 3.63) is 29.8 Å². The molecule has 1 saturated heterocycles. The zero-order valence-corrected chi connectivity index (χ0v) is 15.4. The van der Waals surface area contributed by atoms with E-state index in [1.807, 2.05) is 0 Å². The monoisotopic (exact) mass is 381 g/mol. The van der Waals surface area contributed by atoms with E-state index in [-0.39, 0.29) is 34.8 Å². The third-order valence-electron chi connectivity index (χ3n) is 5.31. The SMILES string of the molecule is COC1CC(C(=O)O)N(C(=O)c2ccc(S(=O)(=O)C3CCCC3)cc2)C1. The number of likely N-dealkylation sites (tertiary alicyclic amines) is 1. The van der Waals surface area contributed by atoms with Crippen molar-refractivity contribution in [1.29, 1.82) is 0 Å². The van der Waals surface area contributed by atoms with Crippen LogP contribution in [0.5, 0.6) is 0 Å². The van der Waals surface area contributed by atoms with Crippen LogP contribution in [0.25, 0.3) is 0 Å². The van der Waals surface area contributed by atoms with E-state index in [0.717, 1.165) is 12.8 Å². The Morgan fingerprint density at radius 1 is 1.15 bits per heavy atom. The molecule has 1 aliphatic heterocycles. The van der Waals surface area contributed by atoms with E-state index in [1.54, 1.807) is 0 Å². The van der Waals surface area contributed by atoms with Crippen LogP contribution in [0.1, 0.15) is 42.5 Å². The van der Waals surface area contributed by atoms with Crippen molar-refractivity contribution in [2.75, 3.05) is 13.7 Å². The summed E-state index contributed by atoms with van der Waals surface area (Å²) in [6.45, 7) is 0.203. The van der Waals surface area contributed by atoms with Crippen molar-refractivity contribution in [3.8, 4) is 0 Å². The first-order valence-electron chi connectivity index (χ1n) is 8.75. The van der Waals surface area contributed by atoms with Crippen LogP contribution in [0.4, 0.5) is 0 Å². The topological polar surface area (TPSA) is 101 Å². The van der Waals surface area contributed by atoms with Crippen LogP contribution in [-0.2, 0) is 19.4 Å². The molecule has 1 aromatic rings. The van der Waals surface area contributed by atoms with Gasteiger partial charge in [-0.1, -0.05) is 12.8 Å². The number of carbonyl (C=O) groups is 2. The fraction of sp³-hybridized carbons (Fsp3) is 0.556. The molecule has 7 nitrogen and oxygen atoms in total. The Kier molecular flexibility index (Phi) is 5.34. The molecule has 0 bridgehead atoms. The summed E-state index contributed by atoms with van der Waals surface area (Å²) in [5, 5.41) is 8.99. The molecule has 8 heteroatoms. The molecular formula is C18H23NO6S. The fourth-order valence-corrected chi connectivity index (χ4v) is 5.63. The first kappa shape index (κ1) is 18.8. The second-order valence-electron chi connectivity index (χ2n) is 6.88. The smallest absolute Gasteiger partial charge is 0.326 e. The number of carboxylic acids is 1. The van der Waals surface area contributed by atoms with Gasteiger partial charge in [0.15, 0.2) is 9.84 Å². The Labute approximate surface area is 152 Å². The normalized spacial score (nSPS) is 24.1. The van der Waals surface area contributed by atoms with Gasteiger partial charge in [0.25, 0.3) is 5.91 Å². The van der Waals surface area contributed by atoms with Crippen molar-refractivity contribution in [2.45, 2.75) is 54.4 Å². The van der Waals surface area contributed by atoms with E-state index in [9.17, 15) is 23.1 Å². The lowest BCUT2D eigenvalue weighted by atomic mass is 10.1. The predicted molar refractivity (Wildman–Crippen MR) is 93.8 cm³/mol. The Morgan fingerprint density at radius 2 is 1.77 bits per heavy atom. The molecular weight excluding hydrogens is 358 g/mol. The molecule has 1 aromatic carbocycles. The zero-order chi connectivity index (χ0) is 18.9. The zero-order valence-electron chi connectivity index (χ0n) is 14.6. The highest BCUT2D eigenvalue weighted by Crippen LogP contribution is 2.30. The molecule has 0 radical (unpaired) electrons. The van der Waals surface area contributed by atoms with Crippen LogP contribution < -0.4 is 0 Å². The van der Waals surface area contributed by atoms with Gasteiger partial charge in [-0.05, 0) is 37.1 Å². The van der Waals surface area contributed by atoms with Crippen molar-refractivity contribution in [2.24, 2.45) is 0 Å². The highest BCUT2D eigenvalue weighted by molar-refractivity contribution is 7.92. The van der Waals surface area contributed by atoms with Gasteiger partial charge >= 0.3 is 5.97 Å². The van der Waals surface area contributed by atoms with Crippen LogP contribution in [0.2, 0.25) is 0 Å². The average molecular weight is 381 g/mol. The van der Waals surface area contributed by atoms with Crippen LogP contribution >= 0.6 is 0 Å². The highest BCUT2D eigenvalue weighted by atomic mass is 32.2. The minimum atomic E-state index is -3.38. The Bertz CT molecular complexity index is 782. The highest BCUT2D eigenvalue weighted by Gasteiger charge is 2.40. The van der Waals surface area contributed by atoms with Gasteiger partial charge in [0, 0.05) is 25.6 Å². The largest absolute Gasteiger partial charge is 0.480 e. The molecule has 26 heavy (non-hydrogen) atoms. The number of benzene rings is 1. The molecule has 2 atom stereocenters. The Hall–Kier alpha value is -1.93. The number of hydrogen-bond donors (Lipinski definition) is 1. The summed E-state index contributed by atoms with van der Waals surface area (Å²) in [5.74, 6) is -1.50. The quantitative estimate of drug-likeness (QED) is 0.833. The number of carboxylic acid groups (broad SMARTS) is 1. The molecule has 1 amide bonds. The summed E-state index contributed by atoms with van der Waals surface area (Å²) in [6, 6.07) is 4.88. The summed E-state index contributed by atoms with van der Waals surface area (Å²) in [7, 11) is -1.89. The number of methoxy groups -OCH3 is 1. The predicted octanol–water partition coefficient (Wildman–Crippen LogP) is 1.72. The van der Waals surface area contributed by atoms with E-state index in [0.29, 0.717) is 12.8 Å². The van der Waals surface area contributed by atoms with Gasteiger partial charge in [0.05, 0.1) is 16.2 Å². The van der Waals surface area contributed by atoms with Crippen LogP contribution in [0.15, 0.2) is 29.2 Å². The number of nitrogens with zero attached hydrogens (tertiary/aromatic N) is 1.